The maximum atomic E-state index is 12.3. The summed E-state index contributed by atoms with van der Waals surface area (Å²) in [5.74, 6) is 0.258. The molecule has 0 radical (unpaired) electrons. The highest BCUT2D eigenvalue weighted by Crippen LogP contribution is 2.29. The Morgan fingerprint density at radius 2 is 2.05 bits per heavy atom. The van der Waals surface area contributed by atoms with Gasteiger partial charge in [0.25, 0.3) is 0 Å². The van der Waals surface area contributed by atoms with Gasteiger partial charge in [0.2, 0.25) is 0 Å². The Morgan fingerprint density at radius 1 is 1.32 bits per heavy atom. The van der Waals surface area contributed by atoms with Gasteiger partial charge in [-0.15, -0.1) is 0 Å². The topological polar surface area (TPSA) is 60.0 Å². The smallest absolute Gasteiger partial charge is 0.387 e. The molecule has 7 heteroatoms. The van der Waals surface area contributed by atoms with E-state index in [1.807, 2.05) is 0 Å². The van der Waals surface area contributed by atoms with Gasteiger partial charge in [-0.2, -0.15) is 8.78 Å². The number of rotatable bonds is 7. The van der Waals surface area contributed by atoms with Crippen LogP contribution in [-0.4, -0.2) is 44.2 Å². The Kier molecular flexibility index (Phi) is 5.93. The van der Waals surface area contributed by atoms with Crippen LogP contribution >= 0.6 is 0 Å². The van der Waals surface area contributed by atoms with Crippen LogP contribution in [-0.2, 0) is 11.3 Å². The van der Waals surface area contributed by atoms with Crippen LogP contribution in [0.1, 0.15) is 18.4 Å². The highest BCUT2D eigenvalue weighted by molar-refractivity contribution is 5.42. The Bertz CT molecular complexity index is 479. The van der Waals surface area contributed by atoms with Crippen molar-refractivity contribution in [2.45, 2.75) is 31.6 Å². The molecular formula is C15H21F2NO4. The average Bonchev–Trinajstić information content (AvgIpc) is 2.48. The summed E-state index contributed by atoms with van der Waals surface area (Å²) in [6, 6.07) is 4.77. The lowest BCUT2D eigenvalue weighted by Crippen LogP contribution is -2.44. The first-order valence-corrected chi connectivity index (χ1v) is 7.15. The van der Waals surface area contributed by atoms with Crippen molar-refractivity contribution in [1.82, 2.24) is 5.32 Å². The maximum absolute atomic E-state index is 12.3. The molecule has 0 saturated carbocycles. The van der Waals surface area contributed by atoms with E-state index in [2.05, 4.69) is 10.1 Å². The van der Waals surface area contributed by atoms with Crippen LogP contribution in [0.15, 0.2) is 18.2 Å². The van der Waals surface area contributed by atoms with Crippen LogP contribution in [0.5, 0.6) is 11.5 Å². The average molecular weight is 317 g/mol. The summed E-state index contributed by atoms with van der Waals surface area (Å²) in [6.07, 6.45) is 1.20. The Balaban J connectivity index is 1.89. The van der Waals surface area contributed by atoms with Crippen molar-refractivity contribution < 1.29 is 28.1 Å². The molecule has 5 nitrogen and oxygen atoms in total. The zero-order valence-electron chi connectivity index (χ0n) is 12.5. The van der Waals surface area contributed by atoms with Gasteiger partial charge in [0.1, 0.15) is 0 Å². The number of hydrogen-bond acceptors (Lipinski definition) is 5. The molecule has 2 N–H and O–H groups in total. The van der Waals surface area contributed by atoms with Crippen molar-refractivity contribution in [3.63, 3.8) is 0 Å². The SMILES string of the molecule is COc1cc(CNCC2(O)CCOCC2)ccc1OC(F)F. The number of benzene rings is 1. The molecule has 1 aromatic rings. The fourth-order valence-corrected chi connectivity index (χ4v) is 2.38. The van der Waals surface area contributed by atoms with Crippen LogP contribution in [0.2, 0.25) is 0 Å². The number of alkyl halides is 2. The first-order chi connectivity index (χ1) is 10.5. The zero-order valence-corrected chi connectivity index (χ0v) is 12.5. The summed E-state index contributed by atoms with van der Waals surface area (Å²) in [5, 5.41) is 13.5. The van der Waals surface area contributed by atoms with Crippen LogP contribution in [0, 0.1) is 0 Å². The zero-order chi connectivity index (χ0) is 16.0. The molecule has 124 valence electrons. The molecule has 0 amide bonds. The van der Waals surface area contributed by atoms with Crippen LogP contribution in [0.3, 0.4) is 0 Å². The van der Waals surface area contributed by atoms with Gasteiger partial charge >= 0.3 is 6.61 Å². The lowest BCUT2D eigenvalue weighted by molar-refractivity contribution is -0.0617. The monoisotopic (exact) mass is 317 g/mol. The van der Waals surface area contributed by atoms with Crippen molar-refractivity contribution in [3.05, 3.63) is 23.8 Å². The fourth-order valence-electron chi connectivity index (χ4n) is 2.38. The van der Waals surface area contributed by atoms with Gasteiger partial charge in [0, 0.05) is 39.1 Å². The van der Waals surface area contributed by atoms with E-state index in [0.29, 0.717) is 39.1 Å². The quantitative estimate of drug-likeness (QED) is 0.805. The minimum Gasteiger partial charge on any atom is -0.493 e. The summed E-state index contributed by atoms with van der Waals surface area (Å²) in [4.78, 5) is 0. The minimum atomic E-state index is -2.89. The molecule has 1 heterocycles. The van der Waals surface area contributed by atoms with E-state index in [4.69, 9.17) is 9.47 Å². The predicted molar refractivity (Wildman–Crippen MR) is 76.3 cm³/mol. The molecule has 1 aliphatic rings. The molecule has 0 bridgehead atoms. The first-order valence-electron chi connectivity index (χ1n) is 7.15. The normalized spacial score (nSPS) is 17.5. The lowest BCUT2D eigenvalue weighted by Gasteiger charge is -2.32. The molecular weight excluding hydrogens is 296 g/mol. The first kappa shape index (κ1) is 16.9. The van der Waals surface area contributed by atoms with Gasteiger partial charge in [0.05, 0.1) is 12.7 Å². The summed E-state index contributed by atoms with van der Waals surface area (Å²) in [5.41, 5.74) is 0.107. The third-order valence-corrected chi connectivity index (χ3v) is 3.65. The summed E-state index contributed by atoms with van der Waals surface area (Å²) < 4.78 is 39.2. The van der Waals surface area contributed by atoms with Crippen LogP contribution in [0.25, 0.3) is 0 Å². The van der Waals surface area contributed by atoms with Crippen molar-refractivity contribution in [3.8, 4) is 11.5 Å². The van der Waals surface area contributed by atoms with E-state index < -0.39 is 12.2 Å². The van der Waals surface area contributed by atoms with Gasteiger partial charge in [-0.25, -0.2) is 0 Å². The highest BCUT2D eigenvalue weighted by Gasteiger charge is 2.29. The number of nitrogens with one attached hydrogen (secondary N) is 1. The number of hydrogen-bond donors (Lipinski definition) is 2. The van der Waals surface area contributed by atoms with Gasteiger partial charge in [0.15, 0.2) is 11.5 Å². The molecule has 22 heavy (non-hydrogen) atoms. The molecule has 0 atom stereocenters. The maximum Gasteiger partial charge on any atom is 0.387 e. The summed E-state index contributed by atoms with van der Waals surface area (Å²) in [6.45, 7) is -0.819. The molecule has 0 aromatic heterocycles. The van der Waals surface area contributed by atoms with Gasteiger partial charge < -0.3 is 24.6 Å². The molecule has 2 rings (SSSR count). The summed E-state index contributed by atoms with van der Waals surface area (Å²) in [7, 11) is 1.40. The van der Waals surface area contributed by atoms with E-state index >= 15 is 0 Å². The largest absolute Gasteiger partial charge is 0.493 e. The molecule has 0 spiro atoms. The Labute approximate surface area is 128 Å². The van der Waals surface area contributed by atoms with Gasteiger partial charge in [-0.05, 0) is 17.7 Å². The molecule has 1 saturated heterocycles. The summed E-state index contributed by atoms with van der Waals surface area (Å²) >= 11 is 0. The molecule has 0 aliphatic carbocycles. The van der Waals surface area contributed by atoms with Crippen LogP contribution < -0.4 is 14.8 Å². The van der Waals surface area contributed by atoms with Crippen molar-refractivity contribution >= 4 is 0 Å². The van der Waals surface area contributed by atoms with E-state index in [-0.39, 0.29) is 11.5 Å². The fraction of sp³-hybridized carbons (Fsp3) is 0.600. The second-order valence-corrected chi connectivity index (χ2v) is 5.30. The van der Waals surface area contributed by atoms with Crippen molar-refractivity contribution in [1.29, 1.82) is 0 Å². The third-order valence-electron chi connectivity index (χ3n) is 3.65. The van der Waals surface area contributed by atoms with Gasteiger partial charge in [-0.1, -0.05) is 6.07 Å². The van der Waals surface area contributed by atoms with E-state index in [1.54, 1.807) is 12.1 Å². The lowest BCUT2D eigenvalue weighted by atomic mass is 9.94. The second-order valence-electron chi connectivity index (χ2n) is 5.30. The number of ether oxygens (including phenoxy) is 3. The third kappa shape index (κ3) is 4.79. The highest BCUT2D eigenvalue weighted by atomic mass is 19.3. The predicted octanol–water partition coefficient (Wildman–Crippen LogP) is 1.93. The van der Waals surface area contributed by atoms with E-state index in [0.717, 1.165) is 5.56 Å². The van der Waals surface area contributed by atoms with Gasteiger partial charge in [-0.3, -0.25) is 0 Å². The molecule has 1 aromatic carbocycles. The Hall–Kier alpha value is -1.44. The van der Waals surface area contributed by atoms with Crippen LogP contribution in [0.4, 0.5) is 8.78 Å². The number of methoxy groups -OCH3 is 1. The number of halogens is 2. The Morgan fingerprint density at radius 3 is 2.68 bits per heavy atom. The standard InChI is InChI=1S/C15H21F2NO4/c1-20-13-8-11(2-3-12(13)22-14(16)17)9-18-10-15(19)4-6-21-7-5-15/h2-3,8,14,18-19H,4-7,9-10H2,1H3. The second kappa shape index (κ2) is 7.71. The number of aliphatic hydroxyl groups is 1. The van der Waals surface area contributed by atoms with E-state index in [1.165, 1.54) is 13.2 Å². The molecule has 1 fully saturated rings. The molecule has 1 aliphatic heterocycles. The van der Waals surface area contributed by atoms with E-state index in [9.17, 15) is 13.9 Å². The molecule has 0 unspecified atom stereocenters. The van der Waals surface area contributed by atoms with Crippen molar-refractivity contribution in [2.75, 3.05) is 26.9 Å². The van der Waals surface area contributed by atoms with Crippen molar-refractivity contribution in [2.24, 2.45) is 0 Å². The minimum absolute atomic E-state index is 0.00399.